The first-order valence-electron chi connectivity index (χ1n) is 9.53. The summed E-state index contributed by atoms with van der Waals surface area (Å²) < 4.78 is 10.8. The van der Waals surface area contributed by atoms with E-state index < -0.39 is 0 Å². The fourth-order valence-electron chi connectivity index (χ4n) is 4.05. The van der Waals surface area contributed by atoms with Gasteiger partial charge < -0.3 is 9.47 Å². The van der Waals surface area contributed by atoms with Crippen LogP contribution < -0.4 is 9.47 Å². The van der Waals surface area contributed by atoms with Gasteiger partial charge in [-0.2, -0.15) is 0 Å². The lowest BCUT2D eigenvalue weighted by atomic mass is 10.0. The van der Waals surface area contributed by atoms with Gasteiger partial charge in [0.05, 0.1) is 0 Å². The van der Waals surface area contributed by atoms with Gasteiger partial charge in [0.1, 0.15) is 0 Å². The molecule has 1 aliphatic carbocycles. The second-order valence-corrected chi connectivity index (χ2v) is 7.24. The van der Waals surface area contributed by atoms with Crippen LogP contribution in [0.5, 0.6) is 11.5 Å². The van der Waals surface area contributed by atoms with Crippen molar-refractivity contribution in [3.05, 3.63) is 102 Å². The van der Waals surface area contributed by atoms with Crippen molar-refractivity contribution in [2.24, 2.45) is 11.8 Å². The van der Waals surface area contributed by atoms with E-state index in [0.717, 1.165) is 22.6 Å². The summed E-state index contributed by atoms with van der Waals surface area (Å²) in [6, 6.07) is 25.8. The molecule has 0 aromatic heterocycles. The highest BCUT2D eigenvalue weighted by Crippen LogP contribution is 2.56. The highest BCUT2D eigenvalue weighted by molar-refractivity contribution is 6.01. The van der Waals surface area contributed by atoms with Crippen molar-refractivity contribution in [2.45, 2.75) is 5.92 Å². The van der Waals surface area contributed by atoms with E-state index in [1.54, 1.807) is 0 Å². The van der Waals surface area contributed by atoms with Crippen LogP contribution in [0.2, 0.25) is 0 Å². The molecule has 1 fully saturated rings. The normalized spacial score (nSPS) is 22.4. The minimum Gasteiger partial charge on any atom is -0.454 e. The van der Waals surface area contributed by atoms with Crippen LogP contribution in [0.1, 0.15) is 27.4 Å². The average Bonchev–Trinajstić information content (AvgIpc) is 3.29. The van der Waals surface area contributed by atoms with Gasteiger partial charge in [-0.05, 0) is 29.2 Å². The fourth-order valence-corrected chi connectivity index (χ4v) is 4.05. The van der Waals surface area contributed by atoms with Gasteiger partial charge in [0, 0.05) is 17.4 Å². The van der Waals surface area contributed by atoms with Gasteiger partial charge in [0.2, 0.25) is 6.79 Å². The topological polar surface area (TPSA) is 35.5 Å². The van der Waals surface area contributed by atoms with E-state index in [4.69, 9.17) is 9.47 Å². The Morgan fingerprint density at radius 1 is 0.857 bits per heavy atom. The predicted octanol–water partition coefficient (Wildman–Crippen LogP) is 5.34. The highest BCUT2D eigenvalue weighted by atomic mass is 16.7. The maximum absolute atomic E-state index is 13.1. The quantitative estimate of drug-likeness (QED) is 0.570. The van der Waals surface area contributed by atoms with Crippen LogP contribution in [0.25, 0.3) is 6.08 Å². The van der Waals surface area contributed by atoms with Crippen LogP contribution in [-0.4, -0.2) is 12.6 Å². The van der Waals surface area contributed by atoms with Gasteiger partial charge >= 0.3 is 0 Å². The summed E-state index contributed by atoms with van der Waals surface area (Å²) in [5.74, 6) is 2.17. The SMILES string of the molecule is O=C(c1ccccc1)[C@@H]1[C@@H](/C=C/c2ccc3c(c2)OCO3)[C@H]1c1ccccc1. The molecule has 2 aliphatic rings. The van der Waals surface area contributed by atoms with Gasteiger partial charge in [-0.1, -0.05) is 78.9 Å². The lowest BCUT2D eigenvalue weighted by Gasteiger charge is -2.00. The summed E-state index contributed by atoms with van der Waals surface area (Å²) in [6.45, 7) is 0.273. The van der Waals surface area contributed by atoms with E-state index in [0.29, 0.717) is 0 Å². The summed E-state index contributed by atoms with van der Waals surface area (Å²) in [5, 5.41) is 0. The standard InChI is InChI=1S/C25H20O3/c26-25(19-9-5-2-6-10-19)24-20(23(24)18-7-3-1-4-8-18)13-11-17-12-14-21-22(15-17)28-16-27-21/h1-15,20,23-24H,16H2/b13-11+/t20-,23+,24+/m0/s1. The van der Waals surface area contributed by atoms with Crippen LogP contribution >= 0.6 is 0 Å². The number of carbonyl (C=O) groups excluding carboxylic acids is 1. The summed E-state index contributed by atoms with van der Waals surface area (Å²) in [4.78, 5) is 13.1. The van der Waals surface area contributed by atoms with Crippen LogP contribution in [0.15, 0.2) is 84.9 Å². The van der Waals surface area contributed by atoms with Crippen molar-refractivity contribution >= 4 is 11.9 Å². The van der Waals surface area contributed by atoms with E-state index in [2.05, 4.69) is 24.3 Å². The molecule has 3 aromatic rings. The molecule has 0 amide bonds. The smallest absolute Gasteiger partial charge is 0.231 e. The molecule has 1 aliphatic heterocycles. The van der Waals surface area contributed by atoms with Gasteiger partial charge in [-0.15, -0.1) is 0 Å². The fraction of sp³-hybridized carbons (Fsp3) is 0.160. The first-order valence-corrected chi connectivity index (χ1v) is 9.53. The number of hydrogen-bond acceptors (Lipinski definition) is 3. The van der Waals surface area contributed by atoms with Crippen molar-refractivity contribution in [3.63, 3.8) is 0 Å². The Morgan fingerprint density at radius 2 is 1.57 bits per heavy atom. The minimum atomic E-state index is -0.0185. The second kappa shape index (κ2) is 7.01. The lowest BCUT2D eigenvalue weighted by Crippen LogP contribution is -2.03. The summed E-state index contributed by atoms with van der Waals surface area (Å²) in [7, 11) is 0. The van der Waals surface area contributed by atoms with E-state index in [9.17, 15) is 4.79 Å². The Kier molecular flexibility index (Phi) is 4.21. The van der Waals surface area contributed by atoms with Gasteiger partial charge in [-0.25, -0.2) is 0 Å². The molecule has 0 radical (unpaired) electrons. The van der Waals surface area contributed by atoms with Crippen molar-refractivity contribution in [1.82, 2.24) is 0 Å². The van der Waals surface area contributed by atoms with Crippen molar-refractivity contribution in [1.29, 1.82) is 0 Å². The Hall–Kier alpha value is -3.33. The number of carbonyl (C=O) groups is 1. The molecule has 0 bridgehead atoms. The monoisotopic (exact) mass is 368 g/mol. The zero-order valence-electron chi connectivity index (χ0n) is 15.3. The van der Waals surface area contributed by atoms with Gasteiger partial charge in [0.25, 0.3) is 0 Å². The Labute approximate surface area is 164 Å². The number of rotatable bonds is 5. The number of ether oxygens (including phenoxy) is 2. The highest BCUT2D eigenvalue weighted by Gasteiger charge is 2.53. The molecule has 0 spiro atoms. The predicted molar refractivity (Wildman–Crippen MR) is 109 cm³/mol. The molecular weight excluding hydrogens is 348 g/mol. The molecule has 3 nitrogen and oxygen atoms in total. The van der Waals surface area contributed by atoms with E-state index in [-0.39, 0.29) is 30.3 Å². The van der Waals surface area contributed by atoms with Crippen molar-refractivity contribution in [2.75, 3.05) is 6.79 Å². The van der Waals surface area contributed by atoms with Crippen LogP contribution in [-0.2, 0) is 0 Å². The van der Waals surface area contributed by atoms with Crippen molar-refractivity contribution in [3.8, 4) is 11.5 Å². The Bertz CT molecular complexity index is 1020. The third-order valence-corrected chi connectivity index (χ3v) is 5.53. The zero-order valence-corrected chi connectivity index (χ0v) is 15.3. The molecule has 138 valence electrons. The average molecular weight is 368 g/mol. The summed E-state index contributed by atoms with van der Waals surface area (Å²) >= 11 is 0. The molecule has 0 unspecified atom stereocenters. The Morgan fingerprint density at radius 3 is 2.36 bits per heavy atom. The molecule has 3 heteroatoms. The number of ketones is 1. The summed E-state index contributed by atoms with van der Waals surface area (Å²) in [5.41, 5.74) is 3.05. The van der Waals surface area contributed by atoms with Crippen LogP contribution in [0, 0.1) is 11.8 Å². The van der Waals surface area contributed by atoms with E-state index in [1.165, 1.54) is 5.56 Å². The maximum Gasteiger partial charge on any atom is 0.231 e. The number of Topliss-reactive ketones (excluding diaryl/α,β-unsaturated/α-hetero) is 1. The third-order valence-electron chi connectivity index (χ3n) is 5.53. The van der Waals surface area contributed by atoms with E-state index in [1.807, 2.05) is 66.7 Å². The molecule has 0 saturated heterocycles. The largest absolute Gasteiger partial charge is 0.454 e. The molecule has 1 saturated carbocycles. The number of fused-ring (bicyclic) bond motifs is 1. The third kappa shape index (κ3) is 3.09. The zero-order chi connectivity index (χ0) is 18.9. The van der Waals surface area contributed by atoms with Crippen molar-refractivity contribution < 1.29 is 14.3 Å². The molecule has 0 N–H and O–H groups in total. The van der Waals surface area contributed by atoms with Crippen LogP contribution in [0.4, 0.5) is 0 Å². The first-order chi connectivity index (χ1) is 13.8. The molecule has 3 aromatic carbocycles. The maximum atomic E-state index is 13.1. The first kappa shape index (κ1) is 16.8. The molecule has 5 rings (SSSR count). The second-order valence-electron chi connectivity index (χ2n) is 7.24. The molecule has 3 atom stereocenters. The molecule has 1 heterocycles. The summed E-state index contributed by atoms with van der Waals surface area (Å²) in [6.07, 6.45) is 4.25. The number of hydrogen-bond donors (Lipinski definition) is 0. The van der Waals surface area contributed by atoms with E-state index >= 15 is 0 Å². The van der Waals surface area contributed by atoms with Gasteiger partial charge in [0.15, 0.2) is 17.3 Å². The minimum absolute atomic E-state index is 0.0185. The lowest BCUT2D eigenvalue weighted by molar-refractivity contribution is 0.0961. The molecule has 28 heavy (non-hydrogen) atoms. The van der Waals surface area contributed by atoms with Gasteiger partial charge in [-0.3, -0.25) is 4.79 Å². The molecular formula is C25H20O3. The Balaban J connectivity index is 1.42. The number of benzene rings is 3. The van der Waals surface area contributed by atoms with Crippen LogP contribution in [0.3, 0.4) is 0 Å². The number of allylic oxidation sites excluding steroid dienone is 1.